The van der Waals surface area contributed by atoms with Crippen molar-refractivity contribution in [1.29, 1.82) is 0 Å². The van der Waals surface area contributed by atoms with Gasteiger partial charge in [-0.05, 0) is 24.5 Å². The van der Waals surface area contributed by atoms with Gasteiger partial charge >= 0.3 is 0 Å². The van der Waals surface area contributed by atoms with Crippen molar-refractivity contribution in [2.45, 2.75) is 39.3 Å². The second kappa shape index (κ2) is 7.10. The Labute approximate surface area is 145 Å². The van der Waals surface area contributed by atoms with E-state index in [4.69, 9.17) is 4.52 Å². The highest BCUT2D eigenvalue weighted by atomic mass is 16.5. The Bertz CT molecular complexity index is 813. The number of pyridine rings is 1. The molecule has 25 heavy (non-hydrogen) atoms. The van der Waals surface area contributed by atoms with Crippen LogP contribution in [-0.2, 0) is 25.9 Å². The average Bonchev–Trinajstić information content (AvgIpc) is 3.29. The molecule has 0 radical (unpaired) electrons. The molecular weight excluding hydrogens is 318 g/mol. The van der Waals surface area contributed by atoms with E-state index in [2.05, 4.69) is 42.1 Å². The highest BCUT2D eigenvalue weighted by Crippen LogP contribution is 2.20. The van der Waals surface area contributed by atoms with Gasteiger partial charge in [-0.15, -0.1) is 10.2 Å². The lowest BCUT2D eigenvalue weighted by Crippen LogP contribution is -2.30. The molecule has 0 unspecified atom stereocenters. The highest BCUT2D eigenvalue weighted by molar-refractivity contribution is 5.51. The summed E-state index contributed by atoms with van der Waals surface area (Å²) in [6.07, 6.45) is 6.49. The van der Waals surface area contributed by atoms with Crippen LogP contribution in [0.5, 0.6) is 0 Å². The third kappa shape index (κ3) is 3.43. The maximum Gasteiger partial charge on any atom is 0.240 e. The fraction of sp³-hybridized carbons (Fsp3) is 0.471. The van der Waals surface area contributed by atoms with Crippen molar-refractivity contribution >= 4 is 0 Å². The second-order valence-corrected chi connectivity index (χ2v) is 6.29. The van der Waals surface area contributed by atoms with Crippen molar-refractivity contribution < 1.29 is 4.52 Å². The number of nitrogens with one attached hydrogen (secondary N) is 1. The van der Waals surface area contributed by atoms with Crippen LogP contribution >= 0.6 is 0 Å². The van der Waals surface area contributed by atoms with Gasteiger partial charge in [0.15, 0.2) is 0 Å². The Balaban J connectivity index is 1.31. The predicted molar refractivity (Wildman–Crippen MR) is 90.4 cm³/mol. The number of fused-ring (bicyclic) bond motifs is 1. The summed E-state index contributed by atoms with van der Waals surface area (Å²) in [6, 6.07) is 3.77. The molecule has 0 bridgehead atoms. The molecule has 0 aromatic carbocycles. The van der Waals surface area contributed by atoms with Crippen LogP contribution in [0, 0.1) is 5.92 Å². The van der Waals surface area contributed by atoms with E-state index in [0.29, 0.717) is 24.2 Å². The number of nitrogens with zero attached hydrogens (tertiary/aromatic N) is 6. The zero-order valence-electron chi connectivity index (χ0n) is 14.2. The van der Waals surface area contributed by atoms with Crippen molar-refractivity contribution in [3.8, 4) is 11.4 Å². The molecule has 0 spiro atoms. The molecule has 4 heterocycles. The van der Waals surface area contributed by atoms with Gasteiger partial charge in [-0.25, -0.2) is 0 Å². The summed E-state index contributed by atoms with van der Waals surface area (Å²) in [4.78, 5) is 8.48. The molecule has 130 valence electrons. The van der Waals surface area contributed by atoms with Crippen molar-refractivity contribution in [3.63, 3.8) is 0 Å². The van der Waals surface area contributed by atoms with Gasteiger partial charge in [0.25, 0.3) is 0 Å². The zero-order valence-corrected chi connectivity index (χ0v) is 14.2. The van der Waals surface area contributed by atoms with Gasteiger partial charge in [0.2, 0.25) is 11.7 Å². The van der Waals surface area contributed by atoms with E-state index < -0.39 is 0 Å². The lowest BCUT2D eigenvalue weighted by atomic mass is 9.99. The molecule has 8 heteroatoms. The van der Waals surface area contributed by atoms with Crippen molar-refractivity contribution in [2.24, 2.45) is 5.92 Å². The van der Waals surface area contributed by atoms with Crippen molar-refractivity contribution in [3.05, 3.63) is 42.1 Å². The molecule has 0 saturated carbocycles. The lowest BCUT2D eigenvalue weighted by Gasteiger charge is -2.24. The quantitative estimate of drug-likeness (QED) is 0.729. The van der Waals surface area contributed by atoms with E-state index in [-0.39, 0.29) is 0 Å². The molecule has 1 N–H and O–H groups in total. The Morgan fingerprint density at radius 1 is 1.36 bits per heavy atom. The van der Waals surface area contributed by atoms with Crippen LogP contribution < -0.4 is 5.32 Å². The van der Waals surface area contributed by atoms with Gasteiger partial charge in [-0.3, -0.25) is 4.98 Å². The first-order valence-corrected chi connectivity index (χ1v) is 8.68. The van der Waals surface area contributed by atoms with Gasteiger partial charge in [-0.1, -0.05) is 12.1 Å². The number of aryl methyl sites for hydroxylation is 2. The van der Waals surface area contributed by atoms with E-state index in [1.807, 2.05) is 12.1 Å². The smallest absolute Gasteiger partial charge is 0.240 e. The maximum atomic E-state index is 5.31. The van der Waals surface area contributed by atoms with Crippen LogP contribution in [0.15, 0.2) is 29.0 Å². The van der Waals surface area contributed by atoms with Crippen LogP contribution in [0.1, 0.15) is 30.9 Å². The first kappa shape index (κ1) is 15.9. The zero-order chi connectivity index (χ0) is 17.1. The molecule has 1 aliphatic heterocycles. The summed E-state index contributed by atoms with van der Waals surface area (Å²) in [6.45, 7) is 4.57. The van der Waals surface area contributed by atoms with Crippen LogP contribution in [0.3, 0.4) is 0 Å². The molecule has 3 aromatic rings. The molecule has 8 nitrogen and oxygen atoms in total. The SMILES string of the molecule is CCc1nnc2n1C[C@@H](CNCc1nc(-c3cccnc3)no1)CC2. The maximum absolute atomic E-state index is 5.31. The van der Waals surface area contributed by atoms with Crippen molar-refractivity contribution in [2.75, 3.05) is 6.54 Å². The van der Waals surface area contributed by atoms with Gasteiger partial charge < -0.3 is 14.4 Å². The molecule has 1 atom stereocenters. The van der Waals surface area contributed by atoms with Crippen LogP contribution in [0.25, 0.3) is 11.4 Å². The second-order valence-electron chi connectivity index (χ2n) is 6.29. The normalized spacial score (nSPS) is 16.8. The van der Waals surface area contributed by atoms with E-state index >= 15 is 0 Å². The molecule has 0 aliphatic carbocycles. The third-order valence-corrected chi connectivity index (χ3v) is 4.53. The highest BCUT2D eigenvalue weighted by Gasteiger charge is 2.22. The van der Waals surface area contributed by atoms with Crippen LogP contribution in [0.4, 0.5) is 0 Å². The Morgan fingerprint density at radius 3 is 3.16 bits per heavy atom. The van der Waals surface area contributed by atoms with Gasteiger partial charge in [0.05, 0.1) is 6.54 Å². The predicted octanol–water partition coefficient (Wildman–Crippen LogP) is 1.64. The monoisotopic (exact) mass is 339 g/mol. The fourth-order valence-electron chi connectivity index (χ4n) is 3.20. The number of rotatable bonds is 6. The molecule has 4 rings (SSSR count). The van der Waals surface area contributed by atoms with E-state index in [1.54, 1.807) is 12.4 Å². The minimum atomic E-state index is 0.564. The summed E-state index contributed by atoms with van der Waals surface area (Å²) in [7, 11) is 0. The summed E-state index contributed by atoms with van der Waals surface area (Å²) < 4.78 is 7.58. The number of hydrogen-bond donors (Lipinski definition) is 1. The third-order valence-electron chi connectivity index (χ3n) is 4.53. The summed E-state index contributed by atoms with van der Waals surface area (Å²) in [5.74, 6) is 3.93. The Morgan fingerprint density at radius 2 is 2.32 bits per heavy atom. The number of aromatic nitrogens is 6. The first-order chi connectivity index (χ1) is 12.3. The standard InChI is InChI=1S/C17H21N7O/c1-2-14-21-22-15-6-5-12(11-24(14)15)8-19-10-16-20-17(23-25-16)13-4-3-7-18-9-13/h3-4,7,9,12,19H,2,5-6,8,10-11H2,1H3/t12-/m1/s1. The average molecular weight is 339 g/mol. The lowest BCUT2D eigenvalue weighted by molar-refractivity contribution is 0.324. The van der Waals surface area contributed by atoms with E-state index in [1.165, 1.54) is 0 Å². The molecule has 0 amide bonds. The van der Waals surface area contributed by atoms with E-state index in [0.717, 1.165) is 49.6 Å². The number of hydrogen-bond acceptors (Lipinski definition) is 7. The van der Waals surface area contributed by atoms with Crippen LogP contribution in [-0.4, -0.2) is 36.4 Å². The largest absolute Gasteiger partial charge is 0.338 e. The summed E-state index contributed by atoms with van der Waals surface area (Å²) in [5.41, 5.74) is 0.858. The molecule has 0 fully saturated rings. The van der Waals surface area contributed by atoms with Crippen molar-refractivity contribution in [1.82, 2.24) is 35.2 Å². The molecule has 1 aliphatic rings. The Kier molecular flexibility index (Phi) is 4.51. The van der Waals surface area contributed by atoms with Gasteiger partial charge in [-0.2, -0.15) is 4.98 Å². The molecule has 3 aromatic heterocycles. The van der Waals surface area contributed by atoms with Crippen LogP contribution in [0.2, 0.25) is 0 Å². The minimum absolute atomic E-state index is 0.564. The fourth-order valence-corrected chi connectivity index (χ4v) is 3.20. The minimum Gasteiger partial charge on any atom is -0.338 e. The van der Waals surface area contributed by atoms with Gasteiger partial charge in [0.1, 0.15) is 11.6 Å². The first-order valence-electron chi connectivity index (χ1n) is 8.68. The molecule has 0 saturated heterocycles. The van der Waals surface area contributed by atoms with E-state index in [9.17, 15) is 0 Å². The molecular formula is C17H21N7O. The van der Waals surface area contributed by atoms with Gasteiger partial charge in [0, 0.05) is 43.9 Å². The summed E-state index contributed by atoms with van der Waals surface area (Å²) in [5, 5.41) is 16.0. The topological polar surface area (TPSA) is 94.6 Å². The summed E-state index contributed by atoms with van der Waals surface area (Å²) >= 11 is 0. The Hall–Kier alpha value is -2.61.